The van der Waals surface area contributed by atoms with Gasteiger partial charge < -0.3 is 24.2 Å². The fraction of sp³-hybridized carbons (Fsp3) is 0.654. The summed E-state index contributed by atoms with van der Waals surface area (Å²) < 4.78 is 11.9. The first-order chi connectivity index (χ1) is 17.1. The van der Waals surface area contributed by atoms with Crippen molar-refractivity contribution in [2.45, 2.75) is 64.0 Å². The Hall–Kier alpha value is -2.81. The number of ether oxygens (including phenoxy) is 2. The van der Waals surface area contributed by atoms with Crippen LogP contribution < -0.4 is 14.4 Å². The van der Waals surface area contributed by atoms with Crippen molar-refractivity contribution in [1.29, 1.82) is 0 Å². The minimum atomic E-state index is 0. The molecule has 0 radical (unpaired) electrons. The average molecular weight is 485 g/mol. The monoisotopic (exact) mass is 484 g/mol. The van der Waals surface area contributed by atoms with Gasteiger partial charge in [0.05, 0.1) is 25.7 Å². The van der Waals surface area contributed by atoms with Crippen LogP contribution in [0.15, 0.2) is 18.2 Å². The highest BCUT2D eigenvalue weighted by molar-refractivity contribution is 5.78. The lowest BCUT2D eigenvalue weighted by atomic mass is 10.1. The van der Waals surface area contributed by atoms with Gasteiger partial charge in [-0.15, -0.1) is 0 Å². The van der Waals surface area contributed by atoms with Gasteiger partial charge in [0.2, 0.25) is 5.91 Å². The smallest absolute Gasteiger partial charge is 0.230 e. The van der Waals surface area contributed by atoms with Gasteiger partial charge >= 0.3 is 0 Å². The second-order valence-corrected chi connectivity index (χ2v) is 10.1. The molecule has 192 valence electrons. The summed E-state index contributed by atoms with van der Waals surface area (Å²) in [6, 6.07) is 6.37. The lowest BCUT2D eigenvalue weighted by Crippen LogP contribution is -2.59. The summed E-state index contributed by atoms with van der Waals surface area (Å²) in [5.41, 5.74) is 1.13. The number of hydrogen-bond acceptors (Lipinski definition) is 7. The van der Waals surface area contributed by atoms with Crippen molar-refractivity contribution in [3.63, 3.8) is 0 Å². The number of likely N-dealkylation sites (tertiary alicyclic amines) is 1. The van der Waals surface area contributed by atoms with Gasteiger partial charge in [-0.3, -0.25) is 9.89 Å². The molecule has 1 aromatic carbocycles. The van der Waals surface area contributed by atoms with Crippen LogP contribution in [0.4, 0.5) is 5.69 Å². The number of methoxy groups -OCH3 is 1. The van der Waals surface area contributed by atoms with E-state index in [1.807, 2.05) is 13.0 Å². The van der Waals surface area contributed by atoms with Crippen LogP contribution in [0.3, 0.4) is 0 Å². The Morgan fingerprint density at radius 1 is 1.11 bits per heavy atom. The number of piperazine rings is 1. The lowest BCUT2D eigenvalue weighted by Gasteiger charge is -2.44. The molecule has 1 saturated carbocycles. The molecular formula is C26H40N6O3. The van der Waals surface area contributed by atoms with E-state index in [0.29, 0.717) is 12.4 Å². The third-order valence-electron chi connectivity index (χ3n) is 7.53. The van der Waals surface area contributed by atoms with E-state index in [4.69, 9.17) is 9.47 Å². The largest absolute Gasteiger partial charge is 0.493 e. The van der Waals surface area contributed by atoms with E-state index < -0.39 is 0 Å². The van der Waals surface area contributed by atoms with E-state index in [-0.39, 0.29) is 25.9 Å². The molecule has 35 heavy (non-hydrogen) atoms. The van der Waals surface area contributed by atoms with Crippen molar-refractivity contribution >= 4 is 11.6 Å². The number of benzene rings is 1. The number of carbonyl (C=O) groups is 1. The Kier molecular flexibility index (Phi) is 7.41. The SMILES string of the molecule is COc1ccc(N2CCN(C(=O)Cc3n[nH]c(C)n3)[C@@H](CN3CCCC3)C2)cc1OC1CCCC1.[HH]. The zero-order chi connectivity index (χ0) is 24.2. The normalized spacial score (nSPS) is 21.6. The zero-order valence-electron chi connectivity index (χ0n) is 21.0. The van der Waals surface area contributed by atoms with Gasteiger partial charge in [-0.2, -0.15) is 5.10 Å². The van der Waals surface area contributed by atoms with E-state index in [0.717, 1.165) is 68.6 Å². The fourth-order valence-electron chi connectivity index (χ4n) is 5.68. The van der Waals surface area contributed by atoms with Gasteiger partial charge in [0.1, 0.15) is 5.82 Å². The highest BCUT2D eigenvalue weighted by atomic mass is 16.5. The fourth-order valence-corrected chi connectivity index (χ4v) is 5.68. The first-order valence-electron chi connectivity index (χ1n) is 13.1. The lowest BCUT2D eigenvalue weighted by molar-refractivity contribution is -0.133. The van der Waals surface area contributed by atoms with Crippen LogP contribution in [0.25, 0.3) is 0 Å². The van der Waals surface area contributed by atoms with Crippen molar-refractivity contribution in [3.8, 4) is 11.5 Å². The number of carbonyl (C=O) groups excluding carboxylic acids is 1. The van der Waals surface area contributed by atoms with Crippen LogP contribution in [0, 0.1) is 6.92 Å². The van der Waals surface area contributed by atoms with Gasteiger partial charge in [0, 0.05) is 39.4 Å². The van der Waals surface area contributed by atoms with Crippen LogP contribution in [0.1, 0.15) is 51.6 Å². The number of amides is 1. The Morgan fingerprint density at radius 2 is 1.91 bits per heavy atom. The third kappa shape index (κ3) is 5.72. The Bertz CT molecular complexity index is 1010. The second kappa shape index (κ2) is 10.8. The molecule has 1 aromatic heterocycles. The van der Waals surface area contributed by atoms with Crippen molar-refractivity contribution in [2.24, 2.45) is 0 Å². The maximum atomic E-state index is 13.3. The molecule has 1 aliphatic carbocycles. The second-order valence-electron chi connectivity index (χ2n) is 10.1. The van der Waals surface area contributed by atoms with Crippen LogP contribution in [0.2, 0.25) is 0 Å². The summed E-state index contributed by atoms with van der Waals surface area (Å²) in [6.45, 7) is 7.24. The number of aryl methyl sites for hydroxylation is 1. The van der Waals surface area contributed by atoms with Crippen molar-refractivity contribution in [2.75, 3.05) is 51.3 Å². The third-order valence-corrected chi connectivity index (χ3v) is 7.53. The molecule has 3 aliphatic rings. The number of nitrogens with zero attached hydrogens (tertiary/aromatic N) is 5. The Labute approximate surface area is 209 Å². The quantitative estimate of drug-likeness (QED) is 0.616. The highest BCUT2D eigenvalue weighted by Gasteiger charge is 2.33. The minimum Gasteiger partial charge on any atom is -0.493 e. The molecule has 9 nitrogen and oxygen atoms in total. The minimum absolute atomic E-state index is 0. The van der Waals surface area contributed by atoms with Crippen molar-refractivity contribution in [1.82, 2.24) is 25.0 Å². The molecule has 0 bridgehead atoms. The molecule has 2 aromatic rings. The first kappa shape index (κ1) is 23.9. The number of aromatic nitrogens is 3. The van der Waals surface area contributed by atoms with E-state index in [2.05, 4.69) is 42.0 Å². The molecule has 1 amide bonds. The van der Waals surface area contributed by atoms with Gasteiger partial charge in [-0.25, -0.2) is 4.98 Å². The number of anilines is 1. The number of nitrogens with one attached hydrogen (secondary N) is 1. The number of rotatable bonds is 8. The predicted octanol–water partition coefficient (Wildman–Crippen LogP) is 3.04. The summed E-state index contributed by atoms with van der Waals surface area (Å²) in [6.07, 6.45) is 7.66. The van der Waals surface area contributed by atoms with E-state index >= 15 is 0 Å². The van der Waals surface area contributed by atoms with E-state index in [9.17, 15) is 4.79 Å². The maximum absolute atomic E-state index is 13.3. The predicted molar refractivity (Wildman–Crippen MR) is 136 cm³/mol. The topological polar surface area (TPSA) is 86.8 Å². The molecule has 5 rings (SSSR count). The van der Waals surface area contributed by atoms with E-state index in [1.54, 1.807) is 7.11 Å². The Balaban J connectivity index is 0.00000304. The molecule has 1 atom stereocenters. The Morgan fingerprint density at radius 3 is 2.63 bits per heavy atom. The molecular weight excluding hydrogens is 444 g/mol. The van der Waals surface area contributed by atoms with Gasteiger partial charge in [-0.05, 0) is 70.7 Å². The van der Waals surface area contributed by atoms with Crippen LogP contribution in [0.5, 0.6) is 11.5 Å². The number of H-pyrrole nitrogens is 1. The van der Waals surface area contributed by atoms with Gasteiger partial charge in [0.25, 0.3) is 0 Å². The molecule has 9 heteroatoms. The summed E-state index contributed by atoms with van der Waals surface area (Å²) in [5, 5.41) is 7.02. The summed E-state index contributed by atoms with van der Waals surface area (Å²) in [7, 11) is 1.70. The number of hydrogen-bond donors (Lipinski definition) is 1. The summed E-state index contributed by atoms with van der Waals surface area (Å²) in [4.78, 5) is 24.6. The summed E-state index contributed by atoms with van der Waals surface area (Å²) >= 11 is 0. The first-order valence-corrected chi connectivity index (χ1v) is 13.1. The molecule has 0 unspecified atom stereocenters. The van der Waals surface area contributed by atoms with Gasteiger partial charge in [-0.1, -0.05) is 0 Å². The molecule has 1 N–H and O–H groups in total. The molecule has 2 saturated heterocycles. The molecule has 3 fully saturated rings. The van der Waals surface area contributed by atoms with Crippen molar-refractivity contribution in [3.05, 3.63) is 29.8 Å². The van der Waals surface area contributed by atoms with E-state index in [1.165, 1.54) is 25.7 Å². The van der Waals surface area contributed by atoms with Gasteiger partial charge in [0.15, 0.2) is 17.3 Å². The van der Waals surface area contributed by atoms with Crippen LogP contribution in [-0.4, -0.2) is 89.4 Å². The molecule has 2 aliphatic heterocycles. The van der Waals surface area contributed by atoms with Crippen LogP contribution in [-0.2, 0) is 11.2 Å². The zero-order valence-corrected chi connectivity index (χ0v) is 21.0. The van der Waals surface area contributed by atoms with Crippen molar-refractivity contribution < 1.29 is 15.7 Å². The average Bonchev–Trinajstić information content (AvgIpc) is 3.64. The van der Waals surface area contributed by atoms with Crippen LogP contribution >= 0.6 is 0 Å². The molecule has 0 spiro atoms. The highest BCUT2D eigenvalue weighted by Crippen LogP contribution is 2.35. The summed E-state index contributed by atoms with van der Waals surface area (Å²) in [5.74, 6) is 3.02. The standard InChI is InChI=1S/C26H38N6O3.H2/c1-19-27-25(29-28-19)16-26(33)32-14-13-31(18-21(32)17-30-11-5-6-12-30)20-9-10-23(34-2)24(15-20)35-22-7-3-4-8-22;/h9-10,15,21-22H,3-8,11-14,16-18H2,1-2H3,(H,27,28,29);1H/t21-;/m0./s1. The number of aromatic amines is 1. The molecule has 3 heterocycles. The maximum Gasteiger partial charge on any atom is 0.230 e.